The van der Waals surface area contributed by atoms with Crippen LogP contribution in [0, 0.1) is 0 Å². The average Bonchev–Trinajstić information content (AvgIpc) is 2.87. The number of carbonyl (C=O) groups is 1. The molecule has 2 fully saturated rings. The van der Waals surface area contributed by atoms with Crippen LogP contribution in [0.2, 0.25) is 0 Å². The molecule has 5 heteroatoms. The molecule has 1 atom stereocenters. The number of carbonyl (C=O) groups excluding carboxylic acids is 1. The van der Waals surface area contributed by atoms with Crippen molar-refractivity contribution in [2.45, 2.75) is 38.6 Å². The van der Waals surface area contributed by atoms with Crippen LogP contribution in [0.4, 0.5) is 5.69 Å². The molecule has 0 bridgehead atoms. The maximum atomic E-state index is 13.0. The van der Waals surface area contributed by atoms with Crippen molar-refractivity contribution in [1.82, 2.24) is 9.80 Å². The fraction of sp³-hybridized carbons (Fsp3) is 0.519. The number of likely N-dealkylation sites (tertiary alicyclic amines) is 1. The number of piperidine rings is 1. The molecule has 0 spiro atoms. The first-order valence-corrected chi connectivity index (χ1v) is 12.2. The number of hydrogen-bond donors (Lipinski definition) is 0. The Morgan fingerprint density at radius 1 is 0.875 bits per heavy atom. The smallest absolute Gasteiger partial charge is 0.179 e. The Kier molecular flexibility index (Phi) is 8.18. The lowest BCUT2D eigenvalue weighted by molar-refractivity contribution is 0.0830. The van der Waals surface area contributed by atoms with Crippen molar-refractivity contribution in [2.75, 3.05) is 57.3 Å². The van der Waals surface area contributed by atoms with Crippen LogP contribution in [0.3, 0.4) is 0 Å². The van der Waals surface area contributed by atoms with E-state index in [9.17, 15) is 4.79 Å². The molecule has 2 aromatic carbocycles. The number of Topliss-reactive ketones (excluding diaryl/α,β-unsaturated/α-hetero) is 1. The van der Waals surface area contributed by atoms with Crippen molar-refractivity contribution in [3.05, 3.63) is 60.2 Å². The van der Waals surface area contributed by atoms with E-state index in [1.807, 2.05) is 37.3 Å². The molecule has 1 unspecified atom stereocenters. The standard InChI is InChI=1S/C27H37N3O2/c1-23(29-18-20-30(21-19-29)25-9-4-2-5-10-25)27(31)24-11-13-26(14-12-24)32-22-8-17-28-15-6-3-7-16-28/h2,4-5,9-14,23H,3,6-8,15-22H2,1H3. The van der Waals surface area contributed by atoms with Crippen LogP contribution in [0.5, 0.6) is 5.75 Å². The number of hydrogen-bond acceptors (Lipinski definition) is 5. The molecular weight excluding hydrogens is 398 g/mol. The highest BCUT2D eigenvalue weighted by Crippen LogP contribution is 2.19. The maximum absolute atomic E-state index is 13.0. The van der Waals surface area contributed by atoms with E-state index < -0.39 is 0 Å². The lowest BCUT2D eigenvalue weighted by atomic mass is 10.0. The summed E-state index contributed by atoms with van der Waals surface area (Å²) >= 11 is 0. The van der Waals surface area contributed by atoms with Gasteiger partial charge in [-0.1, -0.05) is 24.6 Å². The molecule has 0 saturated carbocycles. The number of nitrogens with zero attached hydrogens (tertiary/aromatic N) is 3. The first-order chi connectivity index (χ1) is 15.7. The molecule has 0 aliphatic carbocycles. The van der Waals surface area contributed by atoms with Gasteiger partial charge in [0.05, 0.1) is 12.6 Å². The van der Waals surface area contributed by atoms with E-state index in [2.05, 4.69) is 39.0 Å². The number of para-hydroxylation sites is 1. The SMILES string of the molecule is CC(C(=O)c1ccc(OCCCN2CCCCC2)cc1)N1CCN(c2ccccc2)CC1. The Bertz CT molecular complexity index is 826. The Morgan fingerprint density at radius 3 is 2.25 bits per heavy atom. The fourth-order valence-corrected chi connectivity index (χ4v) is 4.79. The summed E-state index contributed by atoms with van der Waals surface area (Å²) in [5.74, 6) is 1.04. The number of rotatable bonds is 9. The van der Waals surface area contributed by atoms with E-state index >= 15 is 0 Å². The molecule has 0 amide bonds. The van der Waals surface area contributed by atoms with Crippen molar-refractivity contribution < 1.29 is 9.53 Å². The van der Waals surface area contributed by atoms with Gasteiger partial charge < -0.3 is 14.5 Å². The Balaban J connectivity index is 1.21. The summed E-state index contributed by atoms with van der Waals surface area (Å²) in [6, 6.07) is 18.1. The Morgan fingerprint density at radius 2 is 1.56 bits per heavy atom. The summed E-state index contributed by atoms with van der Waals surface area (Å²) in [6.45, 7) is 10.0. The summed E-state index contributed by atoms with van der Waals surface area (Å²) < 4.78 is 5.91. The van der Waals surface area contributed by atoms with E-state index in [4.69, 9.17) is 4.74 Å². The van der Waals surface area contributed by atoms with Crippen molar-refractivity contribution in [3.63, 3.8) is 0 Å². The second-order valence-electron chi connectivity index (χ2n) is 9.03. The maximum Gasteiger partial charge on any atom is 0.179 e. The predicted octanol–water partition coefficient (Wildman–Crippen LogP) is 4.33. The van der Waals surface area contributed by atoms with Gasteiger partial charge in [-0.25, -0.2) is 0 Å². The normalized spacial score (nSPS) is 19.0. The van der Waals surface area contributed by atoms with Gasteiger partial charge in [0.15, 0.2) is 5.78 Å². The second-order valence-corrected chi connectivity index (χ2v) is 9.03. The molecule has 4 rings (SSSR count). The minimum absolute atomic E-state index is 0.107. The lowest BCUT2D eigenvalue weighted by Crippen LogP contribution is -2.51. The monoisotopic (exact) mass is 435 g/mol. The van der Waals surface area contributed by atoms with Gasteiger partial charge in [0.2, 0.25) is 0 Å². The molecule has 2 heterocycles. The zero-order valence-electron chi connectivity index (χ0n) is 19.4. The molecule has 32 heavy (non-hydrogen) atoms. The van der Waals surface area contributed by atoms with E-state index in [-0.39, 0.29) is 11.8 Å². The molecule has 2 aliphatic rings. The van der Waals surface area contributed by atoms with Gasteiger partial charge in [0.25, 0.3) is 0 Å². The Hall–Kier alpha value is -2.37. The summed E-state index contributed by atoms with van der Waals surface area (Å²) in [4.78, 5) is 20.3. The average molecular weight is 436 g/mol. The van der Waals surface area contributed by atoms with Crippen molar-refractivity contribution >= 4 is 11.5 Å². The summed E-state index contributed by atoms with van der Waals surface area (Å²) in [6.07, 6.45) is 5.09. The van der Waals surface area contributed by atoms with Crippen molar-refractivity contribution in [3.8, 4) is 5.75 Å². The zero-order valence-corrected chi connectivity index (χ0v) is 19.4. The van der Waals surface area contributed by atoms with Crippen molar-refractivity contribution in [1.29, 1.82) is 0 Å². The quantitative estimate of drug-likeness (QED) is 0.433. The predicted molar refractivity (Wildman–Crippen MR) is 131 cm³/mol. The van der Waals surface area contributed by atoms with E-state index in [1.54, 1.807) is 0 Å². The first kappa shape index (κ1) is 22.8. The van der Waals surface area contributed by atoms with E-state index in [0.29, 0.717) is 0 Å². The topological polar surface area (TPSA) is 36.0 Å². The van der Waals surface area contributed by atoms with Crippen LogP contribution in [0.1, 0.15) is 43.0 Å². The first-order valence-electron chi connectivity index (χ1n) is 12.2. The minimum atomic E-state index is -0.107. The van der Waals surface area contributed by atoms with Crippen LogP contribution in [0.25, 0.3) is 0 Å². The highest BCUT2D eigenvalue weighted by atomic mass is 16.5. The number of benzene rings is 2. The highest BCUT2D eigenvalue weighted by Gasteiger charge is 2.26. The second kappa shape index (κ2) is 11.5. The van der Waals surface area contributed by atoms with Gasteiger partial charge in [-0.05, 0) is 75.7 Å². The molecule has 5 nitrogen and oxygen atoms in total. The molecule has 172 valence electrons. The van der Waals surface area contributed by atoms with Crippen LogP contribution in [0.15, 0.2) is 54.6 Å². The summed E-state index contributed by atoms with van der Waals surface area (Å²) in [7, 11) is 0. The number of anilines is 1. The fourth-order valence-electron chi connectivity index (χ4n) is 4.79. The molecule has 0 N–H and O–H groups in total. The highest BCUT2D eigenvalue weighted by molar-refractivity contribution is 6.00. The van der Waals surface area contributed by atoms with Crippen LogP contribution < -0.4 is 9.64 Å². The van der Waals surface area contributed by atoms with Gasteiger partial charge in [0, 0.05) is 44.0 Å². The van der Waals surface area contributed by atoms with Gasteiger partial charge in [-0.15, -0.1) is 0 Å². The number of piperazine rings is 1. The molecule has 0 aromatic heterocycles. The summed E-state index contributed by atoms with van der Waals surface area (Å²) in [5, 5.41) is 0. The van der Waals surface area contributed by atoms with Gasteiger partial charge in [0.1, 0.15) is 5.75 Å². The zero-order chi connectivity index (χ0) is 22.2. The minimum Gasteiger partial charge on any atom is -0.494 e. The van der Waals surface area contributed by atoms with E-state index in [0.717, 1.165) is 57.1 Å². The van der Waals surface area contributed by atoms with Gasteiger partial charge in [-0.3, -0.25) is 9.69 Å². The third kappa shape index (κ3) is 6.11. The third-order valence-corrected chi connectivity index (χ3v) is 6.84. The van der Waals surface area contributed by atoms with Crippen LogP contribution in [-0.4, -0.2) is 74.0 Å². The van der Waals surface area contributed by atoms with Gasteiger partial charge >= 0.3 is 0 Å². The lowest BCUT2D eigenvalue weighted by Gasteiger charge is -2.38. The molecule has 2 aliphatic heterocycles. The molecule has 2 aromatic rings. The van der Waals surface area contributed by atoms with Crippen LogP contribution >= 0.6 is 0 Å². The third-order valence-electron chi connectivity index (χ3n) is 6.84. The molecule has 0 radical (unpaired) electrons. The Labute approximate surface area is 193 Å². The summed E-state index contributed by atoms with van der Waals surface area (Å²) in [5.41, 5.74) is 2.03. The van der Waals surface area contributed by atoms with Crippen molar-refractivity contribution in [2.24, 2.45) is 0 Å². The number of ether oxygens (including phenoxy) is 1. The number of ketones is 1. The van der Waals surface area contributed by atoms with Crippen LogP contribution in [-0.2, 0) is 0 Å². The molecule has 2 saturated heterocycles. The largest absolute Gasteiger partial charge is 0.494 e. The van der Waals surface area contributed by atoms with E-state index in [1.165, 1.54) is 38.0 Å². The molecular formula is C27H37N3O2. The van der Waals surface area contributed by atoms with Gasteiger partial charge in [-0.2, -0.15) is 0 Å².